The zero-order valence-electron chi connectivity index (χ0n) is 18.0. The smallest absolute Gasteiger partial charge is 0.348 e. The predicted molar refractivity (Wildman–Crippen MR) is 134 cm³/mol. The van der Waals surface area contributed by atoms with Crippen molar-refractivity contribution < 1.29 is 19.1 Å². The molecule has 0 radical (unpaired) electrons. The van der Waals surface area contributed by atoms with E-state index < -0.39 is 18.5 Å². The Kier molecular flexibility index (Phi) is 5.94. The summed E-state index contributed by atoms with van der Waals surface area (Å²) < 4.78 is 13.1. The van der Waals surface area contributed by atoms with Crippen LogP contribution in [0, 0.1) is 6.92 Å². The first-order valence-corrected chi connectivity index (χ1v) is 12.1. The number of aromatic nitrogens is 3. The molecule has 0 saturated carbocycles. The Bertz CT molecular complexity index is 1540. The summed E-state index contributed by atoms with van der Waals surface area (Å²) >= 11 is 8.55. The highest BCUT2D eigenvalue weighted by atomic mass is 35.5. The van der Waals surface area contributed by atoms with Gasteiger partial charge in [-0.2, -0.15) is 5.10 Å². The molecule has 0 aliphatic rings. The fourth-order valence-corrected chi connectivity index (χ4v) is 5.46. The molecule has 0 saturated heterocycles. The Labute approximate surface area is 206 Å². The van der Waals surface area contributed by atoms with Crippen molar-refractivity contribution in [3.63, 3.8) is 0 Å². The summed E-state index contributed by atoms with van der Waals surface area (Å²) in [6.07, 6.45) is 0. The van der Waals surface area contributed by atoms with Crippen molar-refractivity contribution in [2.24, 2.45) is 0 Å². The predicted octanol–water partition coefficient (Wildman–Crippen LogP) is 5.46. The number of thiophene rings is 1. The minimum Gasteiger partial charge on any atom is -0.497 e. The standard InChI is InChI=1S/C23H17ClN4O4S2/c1-12-16-10-19(33-21(16)28(27-12)14-5-3-13(24)4-6-14)22(30)32-11-20(29)26-23-25-17-8-7-15(31-2)9-18(17)34-23/h3-10H,11H2,1-2H3,(H,25,26,29). The highest BCUT2D eigenvalue weighted by Gasteiger charge is 2.19. The lowest BCUT2D eigenvalue weighted by atomic mass is 10.3. The lowest BCUT2D eigenvalue weighted by Crippen LogP contribution is -2.20. The zero-order valence-corrected chi connectivity index (χ0v) is 20.4. The van der Waals surface area contributed by atoms with Crippen LogP contribution in [0.3, 0.4) is 0 Å². The second kappa shape index (κ2) is 9.05. The van der Waals surface area contributed by atoms with Gasteiger partial charge in [-0.25, -0.2) is 14.5 Å². The quantitative estimate of drug-likeness (QED) is 0.303. The number of ether oxygens (including phenoxy) is 2. The van der Waals surface area contributed by atoms with E-state index in [1.807, 2.05) is 31.2 Å². The first-order chi connectivity index (χ1) is 16.4. The van der Waals surface area contributed by atoms with Crippen LogP contribution >= 0.6 is 34.3 Å². The van der Waals surface area contributed by atoms with Crippen LogP contribution in [-0.4, -0.2) is 40.4 Å². The number of nitrogens with one attached hydrogen (secondary N) is 1. The highest BCUT2D eigenvalue weighted by Crippen LogP contribution is 2.31. The van der Waals surface area contributed by atoms with Crippen LogP contribution in [0.5, 0.6) is 5.75 Å². The molecule has 5 aromatic rings. The third-order valence-electron chi connectivity index (χ3n) is 4.99. The van der Waals surface area contributed by atoms with Crippen molar-refractivity contribution in [2.75, 3.05) is 19.0 Å². The summed E-state index contributed by atoms with van der Waals surface area (Å²) in [5.74, 6) is -0.336. The molecule has 172 valence electrons. The molecule has 5 rings (SSSR count). The van der Waals surface area contributed by atoms with Gasteiger partial charge in [0.2, 0.25) is 0 Å². The molecule has 8 nitrogen and oxygen atoms in total. The summed E-state index contributed by atoms with van der Waals surface area (Å²) in [5.41, 5.74) is 2.36. The molecule has 3 heterocycles. The average Bonchev–Trinajstić information content (AvgIpc) is 3.52. The van der Waals surface area contributed by atoms with Crippen LogP contribution in [0.2, 0.25) is 5.02 Å². The highest BCUT2D eigenvalue weighted by molar-refractivity contribution is 7.22. The first kappa shape index (κ1) is 22.3. The number of aryl methyl sites for hydroxylation is 1. The second-order valence-corrected chi connectivity index (χ2v) is 9.78. The maximum Gasteiger partial charge on any atom is 0.348 e. The van der Waals surface area contributed by atoms with E-state index in [0.29, 0.717) is 20.8 Å². The topological polar surface area (TPSA) is 95.3 Å². The van der Waals surface area contributed by atoms with Crippen LogP contribution in [0.1, 0.15) is 15.4 Å². The van der Waals surface area contributed by atoms with E-state index in [0.717, 1.165) is 31.8 Å². The summed E-state index contributed by atoms with van der Waals surface area (Å²) in [4.78, 5) is 30.5. The van der Waals surface area contributed by atoms with Gasteiger partial charge < -0.3 is 9.47 Å². The number of carbonyl (C=O) groups excluding carboxylic acids is 2. The molecule has 1 N–H and O–H groups in total. The van der Waals surface area contributed by atoms with Gasteiger partial charge in [-0.3, -0.25) is 10.1 Å². The van der Waals surface area contributed by atoms with Gasteiger partial charge in [0, 0.05) is 10.4 Å². The number of hydrogen-bond acceptors (Lipinski definition) is 8. The number of halogens is 1. The van der Waals surface area contributed by atoms with Gasteiger partial charge in [0.05, 0.1) is 28.7 Å². The third-order valence-corrected chi connectivity index (χ3v) is 7.27. The lowest BCUT2D eigenvalue weighted by molar-refractivity contribution is -0.119. The number of esters is 1. The van der Waals surface area contributed by atoms with Crippen molar-refractivity contribution in [1.82, 2.24) is 14.8 Å². The first-order valence-electron chi connectivity index (χ1n) is 10.1. The fraction of sp³-hybridized carbons (Fsp3) is 0.130. The Balaban J connectivity index is 1.27. The van der Waals surface area contributed by atoms with Gasteiger partial charge in [-0.15, -0.1) is 11.3 Å². The molecule has 2 aromatic carbocycles. The number of methoxy groups -OCH3 is 1. The van der Waals surface area contributed by atoms with Crippen LogP contribution in [0.4, 0.5) is 5.13 Å². The largest absolute Gasteiger partial charge is 0.497 e. The van der Waals surface area contributed by atoms with Gasteiger partial charge in [0.1, 0.15) is 15.5 Å². The number of anilines is 1. The number of amides is 1. The van der Waals surface area contributed by atoms with E-state index in [1.54, 1.807) is 36.1 Å². The number of rotatable bonds is 6. The molecule has 0 aliphatic heterocycles. The van der Waals surface area contributed by atoms with E-state index in [4.69, 9.17) is 21.1 Å². The molecule has 0 unspecified atom stereocenters. The Morgan fingerprint density at radius 3 is 2.68 bits per heavy atom. The second-order valence-electron chi connectivity index (χ2n) is 7.28. The van der Waals surface area contributed by atoms with Crippen molar-refractivity contribution in [1.29, 1.82) is 0 Å². The number of fused-ring (bicyclic) bond motifs is 2. The summed E-state index contributed by atoms with van der Waals surface area (Å²) in [7, 11) is 1.59. The van der Waals surface area contributed by atoms with E-state index in [9.17, 15) is 9.59 Å². The number of thiazole rings is 1. The van der Waals surface area contributed by atoms with E-state index in [-0.39, 0.29) is 0 Å². The molecule has 0 bridgehead atoms. The third kappa shape index (κ3) is 4.35. The molecular formula is C23H17ClN4O4S2. The van der Waals surface area contributed by atoms with Crippen LogP contribution in [0.15, 0.2) is 48.5 Å². The van der Waals surface area contributed by atoms with Gasteiger partial charge in [0.15, 0.2) is 11.7 Å². The van der Waals surface area contributed by atoms with Crippen LogP contribution in [0.25, 0.3) is 26.1 Å². The molecule has 1 amide bonds. The van der Waals surface area contributed by atoms with E-state index in [2.05, 4.69) is 15.4 Å². The Morgan fingerprint density at radius 2 is 1.91 bits per heavy atom. The molecule has 0 aliphatic carbocycles. The molecular weight excluding hydrogens is 496 g/mol. The molecule has 0 spiro atoms. The lowest BCUT2D eigenvalue weighted by Gasteiger charge is -2.03. The average molecular weight is 513 g/mol. The summed E-state index contributed by atoms with van der Waals surface area (Å²) in [5, 5.41) is 9.12. The molecule has 11 heteroatoms. The van der Waals surface area contributed by atoms with Crippen LogP contribution in [-0.2, 0) is 9.53 Å². The Morgan fingerprint density at radius 1 is 1.12 bits per heavy atom. The maximum absolute atomic E-state index is 12.6. The van der Waals surface area contributed by atoms with Crippen molar-refractivity contribution in [3.05, 3.63) is 64.1 Å². The van der Waals surface area contributed by atoms with Crippen molar-refractivity contribution >= 4 is 71.7 Å². The summed E-state index contributed by atoms with van der Waals surface area (Å²) in [6, 6.07) is 14.5. The number of benzene rings is 2. The van der Waals surface area contributed by atoms with Gasteiger partial charge in [-0.1, -0.05) is 22.9 Å². The number of carbonyl (C=O) groups is 2. The summed E-state index contributed by atoms with van der Waals surface area (Å²) in [6.45, 7) is 1.45. The number of hydrogen-bond donors (Lipinski definition) is 1. The van der Waals surface area contributed by atoms with Crippen LogP contribution < -0.4 is 10.1 Å². The molecule has 0 atom stereocenters. The Hall–Kier alpha value is -3.47. The van der Waals surface area contributed by atoms with Gasteiger partial charge in [0.25, 0.3) is 5.91 Å². The minimum absolute atomic E-state index is 0.387. The molecule has 34 heavy (non-hydrogen) atoms. The minimum atomic E-state index is -0.576. The monoisotopic (exact) mass is 512 g/mol. The SMILES string of the molecule is COc1ccc2nc(NC(=O)COC(=O)c3cc4c(C)nn(-c5ccc(Cl)cc5)c4s3)sc2c1. The maximum atomic E-state index is 12.6. The zero-order chi connectivity index (χ0) is 23.8. The van der Waals surface area contributed by atoms with Gasteiger partial charge in [-0.05, 0) is 55.5 Å². The fourth-order valence-electron chi connectivity index (χ4n) is 3.35. The van der Waals surface area contributed by atoms with E-state index >= 15 is 0 Å². The van der Waals surface area contributed by atoms with Gasteiger partial charge >= 0.3 is 5.97 Å². The normalized spacial score (nSPS) is 11.1. The van der Waals surface area contributed by atoms with Crippen molar-refractivity contribution in [3.8, 4) is 11.4 Å². The number of nitrogens with zero attached hydrogens (tertiary/aromatic N) is 3. The van der Waals surface area contributed by atoms with Crippen molar-refractivity contribution in [2.45, 2.75) is 6.92 Å². The van der Waals surface area contributed by atoms with E-state index in [1.165, 1.54) is 22.7 Å². The molecule has 3 aromatic heterocycles. The molecule has 0 fully saturated rings.